The van der Waals surface area contributed by atoms with Gasteiger partial charge in [0, 0.05) is 10.7 Å². The molecule has 0 fully saturated rings. The van der Waals surface area contributed by atoms with Crippen LogP contribution in [0.15, 0.2) is 52.7 Å². The fraction of sp³-hybridized carbons (Fsp3) is 0.118. The number of aromatic nitrogens is 1. The van der Waals surface area contributed by atoms with Crippen LogP contribution in [-0.2, 0) is 15.7 Å². The van der Waals surface area contributed by atoms with E-state index < -0.39 is 9.05 Å². The first-order valence-corrected chi connectivity index (χ1v) is 10.4. The maximum atomic E-state index is 13.0. The van der Waals surface area contributed by atoms with Gasteiger partial charge in [0.1, 0.15) is 23.2 Å². The third-order valence-electron chi connectivity index (χ3n) is 3.40. The lowest BCUT2D eigenvalue weighted by Crippen LogP contribution is -1.97. The molecule has 4 nitrogen and oxygen atoms in total. The third-order valence-corrected chi connectivity index (χ3v) is 6.77. The first kappa shape index (κ1) is 17.8. The average Bonchev–Trinajstić information content (AvgIpc) is 2.97. The number of hydrogen-bond donors (Lipinski definition) is 0. The van der Waals surface area contributed by atoms with E-state index in [1.807, 2.05) is 12.1 Å². The molecular weight excluding hydrogens is 385 g/mol. The Labute approximate surface area is 153 Å². The fourth-order valence-electron chi connectivity index (χ4n) is 2.23. The smallest absolute Gasteiger partial charge is 0.272 e. The normalized spacial score (nSPS) is 11.5. The van der Waals surface area contributed by atoms with Crippen LogP contribution in [0.4, 0.5) is 4.39 Å². The number of halogens is 2. The molecule has 0 spiro atoms. The van der Waals surface area contributed by atoms with Crippen molar-refractivity contribution in [2.75, 3.05) is 0 Å². The quantitative estimate of drug-likeness (QED) is 0.582. The zero-order valence-corrected chi connectivity index (χ0v) is 15.5. The van der Waals surface area contributed by atoms with Crippen LogP contribution in [0.25, 0.3) is 10.6 Å². The molecule has 0 N–H and O–H groups in total. The molecule has 0 atom stereocenters. The van der Waals surface area contributed by atoms with Gasteiger partial charge in [-0.2, -0.15) is 0 Å². The highest BCUT2D eigenvalue weighted by molar-refractivity contribution is 8.15. The number of benzene rings is 2. The number of nitrogens with zero attached hydrogens (tertiary/aromatic N) is 1. The van der Waals surface area contributed by atoms with E-state index in [1.165, 1.54) is 12.1 Å². The Hall–Kier alpha value is -1.96. The van der Waals surface area contributed by atoms with E-state index in [0.29, 0.717) is 22.0 Å². The molecular formula is C17H13ClFNO3S2. The van der Waals surface area contributed by atoms with Gasteiger partial charge in [-0.05, 0) is 36.8 Å². The second kappa shape index (κ2) is 7.11. The molecule has 0 amide bonds. The number of thiazole rings is 1. The summed E-state index contributed by atoms with van der Waals surface area (Å²) < 4.78 is 42.0. The molecule has 0 aliphatic rings. The van der Waals surface area contributed by atoms with Gasteiger partial charge in [-0.3, -0.25) is 0 Å². The molecule has 3 rings (SSSR count). The summed E-state index contributed by atoms with van der Waals surface area (Å²) in [6.45, 7) is 1.85. The highest BCUT2D eigenvalue weighted by atomic mass is 35.7. The molecule has 0 aliphatic heterocycles. The van der Waals surface area contributed by atoms with Gasteiger partial charge in [-0.25, -0.2) is 17.8 Å². The average molecular weight is 398 g/mol. The Kier molecular flexibility index (Phi) is 5.08. The van der Waals surface area contributed by atoms with Crippen LogP contribution in [-0.4, -0.2) is 13.4 Å². The minimum absolute atomic E-state index is 0.0255. The van der Waals surface area contributed by atoms with Gasteiger partial charge in [0.15, 0.2) is 4.21 Å². The molecule has 25 heavy (non-hydrogen) atoms. The summed E-state index contributed by atoms with van der Waals surface area (Å²) in [5, 5.41) is 0.506. The van der Waals surface area contributed by atoms with Gasteiger partial charge < -0.3 is 4.74 Å². The molecule has 0 radical (unpaired) electrons. The Bertz CT molecular complexity index is 1000. The largest absolute Gasteiger partial charge is 0.488 e. The van der Waals surface area contributed by atoms with Crippen molar-refractivity contribution >= 4 is 31.1 Å². The second-order valence-electron chi connectivity index (χ2n) is 5.24. The molecule has 8 heteroatoms. The number of para-hydroxylation sites is 1. The van der Waals surface area contributed by atoms with Crippen molar-refractivity contribution in [3.05, 3.63) is 65.6 Å². The molecule has 130 valence electrons. The lowest BCUT2D eigenvalue weighted by Gasteiger charge is -2.10. The molecule has 0 aliphatic carbocycles. The zero-order valence-electron chi connectivity index (χ0n) is 13.1. The van der Waals surface area contributed by atoms with Crippen molar-refractivity contribution in [2.24, 2.45) is 0 Å². The first-order chi connectivity index (χ1) is 11.8. The van der Waals surface area contributed by atoms with Crippen LogP contribution in [0.3, 0.4) is 0 Å². The van der Waals surface area contributed by atoms with Crippen LogP contribution in [0.5, 0.6) is 5.75 Å². The number of ether oxygens (including phenoxy) is 1. The SMILES string of the molecule is Cc1nc(-c2ccccc2OCc2ccc(F)cc2)sc1S(=O)(=O)Cl. The van der Waals surface area contributed by atoms with Crippen molar-refractivity contribution in [1.29, 1.82) is 0 Å². The van der Waals surface area contributed by atoms with Crippen LogP contribution >= 0.6 is 22.0 Å². The predicted octanol–water partition coefficient (Wildman–Crippen LogP) is 4.76. The van der Waals surface area contributed by atoms with Crippen LogP contribution in [0.2, 0.25) is 0 Å². The highest BCUT2D eigenvalue weighted by Crippen LogP contribution is 2.37. The predicted molar refractivity (Wildman–Crippen MR) is 96.1 cm³/mol. The minimum atomic E-state index is -3.84. The summed E-state index contributed by atoms with van der Waals surface area (Å²) in [4.78, 5) is 4.30. The molecule has 0 saturated carbocycles. The molecule has 0 saturated heterocycles. The van der Waals surface area contributed by atoms with E-state index in [-0.39, 0.29) is 16.6 Å². The monoisotopic (exact) mass is 397 g/mol. The molecule has 0 bridgehead atoms. The molecule has 3 aromatic rings. The Balaban J connectivity index is 1.90. The van der Waals surface area contributed by atoms with Gasteiger partial charge in [-0.1, -0.05) is 24.3 Å². The van der Waals surface area contributed by atoms with E-state index in [0.717, 1.165) is 16.9 Å². The summed E-state index contributed by atoms with van der Waals surface area (Å²) in [5.74, 6) is 0.247. The second-order valence-corrected chi connectivity index (χ2v) is 9.00. The van der Waals surface area contributed by atoms with E-state index in [9.17, 15) is 12.8 Å². The van der Waals surface area contributed by atoms with Crippen molar-refractivity contribution in [3.8, 4) is 16.3 Å². The van der Waals surface area contributed by atoms with E-state index in [4.69, 9.17) is 15.4 Å². The first-order valence-electron chi connectivity index (χ1n) is 7.23. The molecule has 2 aromatic carbocycles. The Morgan fingerprint density at radius 2 is 1.84 bits per heavy atom. The van der Waals surface area contributed by atoms with Gasteiger partial charge in [0.2, 0.25) is 0 Å². The summed E-state index contributed by atoms with van der Waals surface area (Å²) in [7, 11) is 1.60. The maximum Gasteiger partial charge on any atom is 0.272 e. The molecule has 0 unspecified atom stereocenters. The van der Waals surface area contributed by atoms with Gasteiger partial charge in [0.25, 0.3) is 9.05 Å². The van der Waals surface area contributed by atoms with Gasteiger partial charge in [-0.15, -0.1) is 11.3 Å². The summed E-state index contributed by atoms with van der Waals surface area (Å²) in [6.07, 6.45) is 0. The van der Waals surface area contributed by atoms with Crippen molar-refractivity contribution in [2.45, 2.75) is 17.7 Å². The van der Waals surface area contributed by atoms with E-state index in [2.05, 4.69) is 4.98 Å². The third kappa shape index (κ3) is 4.18. The Morgan fingerprint density at radius 1 is 1.16 bits per heavy atom. The number of rotatable bonds is 5. The van der Waals surface area contributed by atoms with Crippen LogP contribution in [0, 0.1) is 12.7 Å². The standard InChI is InChI=1S/C17H13ClFNO3S2/c1-11-17(25(18,21)22)24-16(20-11)14-4-2-3-5-15(14)23-10-12-6-8-13(19)9-7-12/h2-9H,10H2,1H3. The Morgan fingerprint density at radius 3 is 2.48 bits per heavy atom. The van der Waals surface area contributed by atoms with Crippen LogP contribution in [0.1, 0.15) is 11.3 Å². The topological polar surface area (TPSA) is 56.3 Å². The molecule has 1 heterocycles. The van der Waals surface area contributed by atoms with Crippen molar-refractivity contribution < 1.29 is 17.5 Å². The van der Waals surface area contributed by atoms with Gasteiger partial charge >= 0.3 is 0 Å². The summed E-state index contributed by atoms with van der Waals surface area (Å²) in [6, 6.07) is 13.2. The fourth-order valence-corrected chi connectivity index (χ4v) is 4.72. The van der Waals surface area contributed by atoms with E-state index >= 15 is 0 Å². The van der Waals surface area contributed by atoms with Crippen LogP contribution < -0.4 is 4.74 Å². The van der Waals surface area contributed by atoms with E-state index in [1.54, 1.807) is 31.2 Å². The minimum Gasteiger partial charge on any atom is -0.488 e. The van der Waals surface area contributed by atoms with Crippen molar-refractivity contribution in [3.63, 3.8) is 0 Å². The summed E-state index contributed by atoms with van der Waals surface area (Å²) in [5.41, 5.74) is 1.84. The number of aryl methyl sites for hydroxylation is 1. The zero-order chi connectivity index (χ0) is 18.0. The highest BCUT2D eigenvalue weighted by Gasteiger charge is 2.21. The van der Waals surface area contributed by atoms with Crippen molar-refractivity contribution in [1.82, 2.24) is 4.98 Å². The van der Waals surface area contributed by atoms with Gasteiger partial charge in [0.05, 0.1) is 11.3 Å². The lowest BCUT2D eigenvalue weighted by atomic mass is 10.2. The number of hydrogen-bond acceptors (Lipinski definition) is 5. The lowest BCUT2D eigenvalue weighted by molar-refractivity contribution is 0.307. The summed E-state index contributed by atoms with van der Waals surface area (Å²) >= 11 is 0.997. The molecule has 1 aromatic heterocycles. The maximum absolute atomic E-state index is 13.0.